The smallest absolute Gasteiger partial charge is 0.330 e. The van der Waals surface area contributed by atoms with E-state index in [4.69, 9.17) is 4.74 Å². The first-order valence-electron chi connectivity index (χ1n) is 12.6. The molecule has 1 saturated heterocycles. The first-order chi connectivity index (χ1) is 17.4. The highest BCUT2D eigenvalue weighted by Crippen LogP contribution is 2.36. The normalized spacial score (nSPS) is 19.7. The van der Waals surface area contributed by atoms with E-state index >= 15 is 0 Å². The van der Waals surface area contributed by atoms with Gasteiger partial charge >= 0.3 is 5.97 Å². The third-order valence-corrected chi connectivity index (χ3v) is 7.01. The molecule has 2 aliphatic rings. The number of nitrogens with zero attached hydrogens (tertiary/aromatic N) is 1. The molecule has 0 bridgehead atoms. The van der Waals surface area contributed by atoms with E-state index in [1.165, 1.54) is 0 Å². The van der Waals surface area contributed by atoms with E-state index in [1.54, 1.807) is 0 Å². The molecule has 3 amide bonds. The van der Waals surface area contributed by atoms with Crippen LogP contribution >= 0.6 is 0 Å². The van der Waals surface area contributed by atoms with Crippen LogP contribution in [0.4, 0.5) is 5.69 Å². The number of imide groups is 1. The van der Waals surface area contributed by atoms with Crippen LogP contribution < -0.4 is 5.32 Å². The Morgan fingerprint density at radius 2 is 1.50 bits per heavy atom. The minimum absolute atomic E-state index is 0.129. The van der Waals surface area contributed by atoms with Crippen LogP contribution in [0.2, 0.25) is 0 Å². The van der Waals surface area contributed by atoms with Crippen LogP contribution in [-0.2, 0) is 43.2 Å². The Morgan fingerprint density at radius 1 is 0.917 bits per heavy atom. The largest absolute Gasteiger partial charge is 0.454 e. The lowest BCUT2D eigenvalue weighted by molar-refractivity contribution is -0.160. The number of para-hydroxylation sites is 1. The number of amides is 3. The molecule has 2 aromatic rings. The number of hydrogen-bond acceptors (Lipinski definition) is 5. The Kier molecular flexibility index (Phi) is 7.98. The lowest BCUT2D eigenvalue weighted by atomic mass is 9.85. The summed E-state index contributed by atoms with van der Waals surface area (Å²) in [5.41, 5.74) is 3.54. The molecule has 1 aliphatic carbocycles. The van der Waals surface area contributed by atoms with E-state index in [1.807, 2.05) is 74.5 Å². The molecule has 2 aromatic carbocycles. The molecule has 36 heavy (non-hydrogen) atoms. The van der Waals surface area contributed by atoms with Crippen molar-refractivity contribution in [2.24, 2.45) is 11.8 Å². The molecular weight excluding hydrogens is 456 g/mol. The minimum Gasteiger partial charge on any atom is -0.454 e. The second-order valence-corrected chi connectivity index (χ2v) is 9.22. The van der Waals surface area contributed by atoms with Gasteiger partial charge in [-0.25, -0.2) is 4.79 Å². The lowest BCUT2D eigenvalue weighted by Gasteiger charge is -2.25. The second kappa shape index (κ2) is 11.3. The van der Waals surface area contributed by atoms with Crippen molar-refractivity contribution in [1.82, 2.24) is 4.90 Å². The summed E-state index contributed by atoms with van der Waals surface area (Å²) in [5.74, 6) is -2.82. The molecule has 7 heteroatoms. The maximum atomic E-state index is 13.3. The lowest BCUT2D eigenvalue weighted by Crippen LogP contribution is -2.48. The van der Waals surface area contributed by atoms with Crippen LogP contribution in [0.1, 0.15) is 43.4 Å². The molecular formula is C29H32N2O5. The number of likely N-dealkylation sites (tertiary alicyclic amines) is 1. The Hall–Kier alpha value is -3.74. The van der Waals surface area contributed by atoms with Crippen molar-refractivity contribution in [3.8, 4) is 0 Å². The molecule has 1 N–H and O–H groups in total. The molecule has 0 radical (unpaired) electrons. The van der Waals surface area contributed by atoms with E-state index in [0.29, 0.717) is 12.8 Å². The number of ether oxygens (including phenoxy) is 1. The maximum Gasteiger partial charge on any atom is 0.330 e. The van der Waals surface area contributed by atoms with E-state index in [2.05, 4.69) is 5.32 Å². The Morgan fingerprint density at radius 3 is 2.06 bits per heavy atom. The molecule has 0 saturated carbocycles. The Bertz CT molecular complexity index is 1130. The van der Waals surface area contributed by atoms with E-state index in [-0.39, 0.29) is 18.2 Å². The maximum absolute atomic E-state index is 13.3. The molecule has 3 atom stereocenters. The summed E-state index contributed by atoms with van der Waals surface area (Å²) in [6.45, 7) is 3.52. The molecule has 1 fully saturated rings. The zero-order valence-corrected chi connectivity index (χ0v) is 20.7. The minimum atomic E-state index is -1.13. The van der Waals surface area contributed by atoms with Gasteiger partial charge < -0.3 is 10.1 Å². The van der Waals surface area contributed by atoms with E-state index < -0.39 is 36.4 Å². The van der Waals surface area contributed by atoms with Crippen molar-refractivity contribution in [2.45, 2.75) is 52.0 Å². The molecule has 0 spiro atoms. The van der Waals surface area contributed by atoms with Crippen LogP contribution in [0.25, 0.3) is 0 Å². The standard InChI is InChI=1S/C29H32N2O5/c1-3-20-13-10-14-21(4-2)26(20)30-25(32)18-36-29(35)24(17-19-11-6-5-7-12-19)31-27(33)22-15-8-9-16-23(22)28(31)34/h5-14,22-24H,3-4,15-18H2,1-2H3,(H,30,32)/t22-,23-,24+/m1/s1. The number of carbonyl (C=O) groups is 4. The number of anilines is 1. The number of hydrogen-bond donors (Lipinski definition) is 1. The molecule has 7 nitrogen and oxygen atoms in total. The number of esters is 1. The zero-order valence-electron chi connectivity index (χ0n) is 20.7. The predicted octanol–water partition coefficient (Wildman–Crippen LogP) is 3.86. The summed E-state index contributed by atoms with van der Waals surface area (Å²) in [7, 11) is 0. The highest BCUT2D eigenvalue weighted by Gasteiger charge is 2.51. The van der Waals surface area contributed by atoms with Crippen molar-refractivity contribution in [3.63, 3.8) is 0 Å². The van der Waals surface area contributed by atoms with Crippen molar-refractivity contribution >= 4 is 29.4 Å². The monoisotopic (exact) mass is 488 g/mol. The SMILES string of the molecule is CCc1cccc(CC)c1NC(=O)COC(=O)[C@H](Cc1ccccc1)N1C(=O)[C@@H]2CC=CC[C@H]2C1=O. The van der Waals surface area contributed by atoms with Crippen molar-refractivity contribution < 1.29 is 23.9 Å². The van der Waals surface area contributed by atoms with Gasteiger partial charge in [-0.3, -0.25) is 19.3 Å². The summed E-state index contributed by atoms with van der Waals surface area (Å²) < 4.78 is 5.41. The number of nitrogens with one attached hydrogen (secondary N) is 1. The van der Waals surface area contributed by atoms with Crippen LogP contribution in [0, 0.1) is 11.8 Å². The van der Waals surface area contributed by atoms with Crippen molar-refractivity contribution in [1.29, 1.82) is 0 Å². The number of carbonyl (C=O) groups excluding carboxylic acids is 4. The van der Waals surface area contributed by atoms with Crippen LogP contribution in [0.15, 0.2) is 60.7 Å². The van der Waals surface area contributed by atoms with E-state index in [0.717, 1.165) is 40.1 Å². The van der Waals surface area contributed by atoms with Crippen molar-refractivity contribution in [3.05, 3.63) is 77.4 Å². The second-order valence-electron chi connectivity index (χ2n) is 9.22. The number of rotatable bonds is 9. The van der Waals surface area contributed by atoms with Gasteiger partial charge in [0.1, 0.15) is 6.04 Å². The molecule has 0 aromatic heterocycles. The van der Waals surface area contributed by atoms with Gasteiger partial charge in [-0.05, 0) is 42.4 Å². The van der Waals surface area contributed by atoms with Gasteiger partial charge in [0.05, 0.1) is 11.8 Å². The number of fused-ring (bicyclic) bond motifs is 1. The zero-order chi connectivity index (χ0) is 25.7. The third-order valence-electron chi connectivity index (χ3n) is 7.01. The van der Waals surface area contributed by atoms with Crippen LogP contribution in [0.3, 0.4) is 0 Å². The van der Waals surface area contributed by atoms with Crippen LogP contribution in [0.5, 0.6) is 0 Å². The Labute approximate surface area is 211 Å². The molecule has 4 rings (SSSR count). The summed E-state index contributed by atoms with van der Waals surface area (Å²) in [4.78, 5) is 53.5. The summed E-state index contributed by atoms with van der Waals surface area (Å²) in [6, 6.07) is 13.9. The molecule has 0 unspecified atom stereocenters. The average Bonchev–Trinajstić information content (AvgIpc) is 3.16. The average molecular weight is 489 g/mol. The molecule has 1 heterocycles. The predicted molar refractivity (Wildman–Crippen MR) is 136 cm³/mol. The number of allylic oxidation sites excluding steroid dienone is 2. The van der Waals surface area contributed by atoms with Crippen molar-refractivity contribution in [2.75, 3.05) is 11.9 Å². The van der Waals surface area contributed by atoms with Gasteiger partial charge in [-0.1, -0.05) is 74.5 Å². The Balaban J connectivity index is 1.50. The fraction of sp³-hybridized carbons (Fsp3) is 0.379. The summed E-state index contributed by atoms with van der Waals surface area (Å²) in [5, 5.41) is 2.88. The van der Waals surface area contributed by atoms with Gasteiger partial charge in [0.2, 0.25) is 11.8 Å². The summed E-state index contributed by atoms with van der Waals surface area (Å²) >= 11 is 0. The van der Waals surface area contributed by atoms with Gasteiger partial charge in [0.25, 0.3) is 5.91 Å². The van der Waals surface area contributed by atoms with Gasteiger partial charge in [0, 0.05) is 12.1 Å². The first kappa shape index (κ1) is 25.4. The highest BCUT2D eigenvalue weighted by atomic mass is 16.5. The molecule has 1 aliphatic heterocycles. The van der Waals surface area contributed by atoms with Gasteiger partial charge in [-0.2, -0.15) is 0 Å². The summed E-state index contributed by atoms with van der Waals surface area (Å²) in [6.07, 6.45) is 6.41. The fourth-order valence-corrected chi connectivity index (χ4v) is 5.06. The van der Waals surface area contributed by atoms with Crippen LogP contribution in [-0.4, -0.2) is 41.2 Å². The quantitative estimate of drug-likeness (QED) is 0.329. The number of aryl methyl sites for hydroxylation is 2. The molecule has 188 valence electrons. The van der Waals surface area contributed by atoms with Gasteiger partial charge in [-0.15, -0.1) is 0 Å². The van der Waals surface area contributed by atoms with E-state index in [9.17, 15) is 19.2 Å². The highest BCUT2D eigenvalue weighted by molar-refractivity contribution is 6.08. The van der Waals surface area contributed by atoms with Gasteiger partial charge in [0.15, 0.2) is 6.61 Å². The fourth-order valence-electron chi connectivity index (χ4n) is 5.06. The third kappa shape index (κ3) is 5.25. The first-order valence-corrected chi connectivity index (χ1v) is 12.6. The number of benzene rings is 2. The topological polar surface area (TPSA) is 92.8 Å².